The third-order valence-electron chi connectivity index (χ3n) is 1.54. The van der Waals surface area contributed by atoms with Gasteiger partial charge in [-0.1, -0.05) is 18.2 Å². The number of amides is 1. The number of nitrogens with one attached hydrogen (secondary N) is 1. The Morgan fingerprint density at radius 1 is 1.46 bits per heavy atom. The van der Waals surface area contributed by atoms with Gasteiger partial charge in [0.25, 0.3) is 0 Å². The standard InChI is InChI=1S/C9H8NO3/c11-6-10-8-4-2-1-3-7(8)5-9(12)13/h1-4H,5H2,(H,10,11)(H,12,13). The van der Waals surface area contributed by atoms with Crippen LogP contribution in [0, 0.1) is 0 Å². The van der Waals surface area contributed by atoms with E-state index < -0.39 is 5.97 Å². The predicted octanol–water partition coefficient (Wildman–Crippen LogP) is 0.793. The van der Waals surface area contributed by atoms with E-state index >= 15 is 0 Å². The monoisotopic (exact) mass is 178 g/mol. The molecule has 0 saturated heterocycles. The molecule has 0 fully saturated rings. The molecule has 0 aliphatic carbocycles. The van der Waals surface area contributed by atoms with Crippen molar-refractivity contribution in [3.63, 3.8) is 0 Å². The van der Waals surface area contributed by atoms with Crippen molar-refractivity contribution in [3.05, 3.63) is 29.8 Å². The summed E-state index contributed by atoms with van der Waals surface area (Å²) in [6.45, 7) is 0. The van der Waals surface area contributed by atoms with Crippen LogP contribution in [0.4, 0.5) is 5.69 Å². The van der Waals surface area contributed by atoms with Gasteiger partial charge in [0.2, 0.25) is 0 Å². The van der Waals surface area contributed by atoms with Crippen molar-refractivity contribution in [1.82, 2.24) is 0 Å². The van der Waals surface area contributed by atoms with Crippen molar-refractivity contribution in [3.8, 4) is 0 Å². The van der Waals surface area contributed by atoms with Crippen molar-refractivity contribution < 1.29 is 14.7 Å². The van der Waals surface area contributed by atoms with Crippen molar-refractivity contribution in [2.75, 3.05) is 5.32 Å². The maximum absolute atomic E-state index is 10.4. The minimum absolute atomic E-state index is 0.106. The van der Waals surface area contributed by atoms with Gasteiger partial charge >= 0.3 is 12.4 Å². The number of benzene rings is 1. The van der Waals surface area contributed by atoms with E-state index in [0.29, 0.717) is 11.3 Å². The molecule has 2 N–H and O–H groups in total. The quantitative estimate of drug-likeness (QED) is 0.670. The molecule has 0 saturated carbocycles. The highest BCUT2D eigenvalue weighted by Crippen LogP contribution is 2.14. The van der Waals surface area contributed by atoms with Crippen LogP contribution in [0.5, 0.6) is 0 Å². The average molecular weight is 178 g/mol. The van der Waals surface area contributed by atoms with E-state index in [0.717, 1.165) is 0 Å². The molecule has 1 radical (unpaired) electrons. The van der Waals surface area contributed by atoms with E-state index in [4.69, 9.17) is 5.11 Å². The number of aliphatic carboxylic acids is 1. The third-order valence-corrected chi connectivity index (χ3v) is 1.54. The molecule has 0 heterocycles. The molecule has 0 atom stereocenters. The molecular formula is C9H8NO3. The maximum atomic E-state index is 10.4. The molecule has 1 rings (SSSR count). The summed E-state index contributed by atoms with van der Waals surface area (Å²) in [7, 11) is 0. The molecule has 0 bridgehead atoms. The summed E-state index contributed by atoms with van der Waals surface area (Å²) in [6, 6.07) is 6.70. The van der Waals surface area contributed by atoms with Crippen LogP contribution in [-0.4, -0.2) is 17.5 Å². The zero-order chi connectivity index (χ0) is 9.68. The van der Waals surface area contributed by atoms with Crippen LogP contribution < -0.4 is 5.32 Å². The lowest BCUT2D eigenvalue weighted by Crippen LogP contribution is -2.04. The third kappa shape index (κ3) is 2.59. The van der Waals surface area contributed by atoms with Crippen molar-refractivity contribution in [2.45, 2.75) is 6.42 Å². The number of hydrogen-bond donors (Lipinski definition) is 2. The molecule has 0 aliphatic rings. The topological polar surface area (TPSA) is 66.4 Å². The molecule has 13 heavy (non-hydrogen) atoms. The Morgan fingerprint density at radius 3 is 2.77 bits per heavy atom. The Bertz CT molecular complexity index is 322. The van der Waals surface area contributed by atoms with Crippen LogP contribution in [0.25, 0.3) is 0 Å². The largest absolute Gasteiger partial charge is 0.481 e. The number of carboxylic acid groups (broad SMARTS) is 1. The number of carbonyl (C=O) groups is 1. The van der Waals surface area contributed by atoms with Crippen molar-refractivity contribution >= 4 is 18.1 Å². The summed E-state index contributed by atoms with van der Waals surface area (Å²) in [6.07, 6.45) is 1.40. The number of anilines is 1. The van der Waals surface area contributed by atoms with Gasteiger partial charge in [0.1, 0.15) is 0 Å². The minimum Gasteiger partial charge on any atom is -0.481 e. The Balaban J connectivity index is 2.90. The molecule has 4 heteroatoms. The second kappa shape index (κ2) is 4.25. The lowest BCUT2D eigenvalue weighted by Gasteiger charge is -2.03. The molecule has 1 amide bonds. The van der Waals surface area contributed by atoms with Crippen LogP contribution in [0.3, 0.4) is 0 Å². The molecule has 0 aromatic heterocycles. The van der Waals surface area contributed by atoms with E-state index in [9.17, 15) is 9.59 Å². The molecule has 0 aliphatic heterocycles. The van der Waals surface area contributed by atoms with E-state index in [-0.39, 0.29) is 6.42 Å². The van der Waals surface area contributed by atoms with E-state index in [1.54, 1.807) is 24.3 Å². The fraction of sp³-hybridized carbons (Fsp3) is 0.111. The van der Waals surface area contributed by atoms with Crippen LogP contribution >= 0.6 is 0 Å². The second-order valence-corrected chi connectivity index (χ2v) is 2.45. The van der Waals surface area contributed by atoms with Gasteiger partial charge in [-0.15, -0.1) is 0 Å². The maximum Gasteiger partial charge on any atom is 0.314 e. The highest BCUT2D eigenvalue weighted by Gasteiger charge is 2.04. The SMILES string of the molecule is O=[C]Nc1ccccc1CC(=O)O. The number of hydrogen-bond acceptors (Lipinski definition) is 2. The highest BCUT2D eigenvalue weighted by molar-refractivity contribution is 5.78. The Labute approximate surface area is 75.2 Å². The molecular weight excluding hydrogens is 170 g/mol. The fourth-order valence-electron chi connectivity index (χ4n) is 1.01. The summed E-state index contributed by atoms with van der Waals surface area (Å²) >= 11 is 0. The van der Waals surface area contributed by atoms with Crippen LogP contribution in [0.1, 0.15) is 5.56 Å². The van der Waals surface area contributed by atoms with E-state index in [1.165, 1.54) is 6.41 Å². The summed E-state index contributed by atoms with van der Waals surface area (Å²) in [5.74, 6) is -0.930. The van der Waals surface area contributed by atoms with Gasteiger partial charge < -0.3 is 10.4 Å². The molecule has 1 aromatic carbocycles. The van der Waals surface area contributed by atoms with Gasteiger partial charge in [-0.25, -0.2) is 0 Å². The van der Waals surface area contributed by atoms with Crippen LogP contribution in [-0.2, 0) is 16.0 Å². The van der Waals surface area contributed by atoms with Gasteiger partial charge in [0.05, 0.1) is 6.42 Å². The van der Waals surface area contributed by atoms with Crippen molar-refractivity contribution in [1.29, 1.82) is 0 Å². The summed E-state index contributed by atoms with van der Waals surface area (Å²) in [4.78, 5) is 20.4. The molecule has 0 unspecified atom stereocenters. The van der Waals surface area contributed by atoms with Gasteiger partial charge in [0.15, 0.2) is 0 Å². The number of rotatable bonds is 4. The Kier molecular flexibility index (Phi) is 3.03. The number of carbonyl (C=O) groups excluding carboxylic acids is 1. The Morgan fingerprint density at radius 2 is 2.15 bits per heavy atom. The average Bonchev–Trinajstić information content (AvgIpc) is 2.08. The summed E-state index contributed by atoms with van der Waals surface area (Å²) < 4.78 is 0. The Hall–Kier alpha value is -1.84. The fourth-order valence-corrected chi connectivity index (χ4v) is 1.01. The van der Waals surface area contributed by atoms with Gasteiger partial charge in [0, 0.05) is 5.69 Å². The highest BCUT2D eigenvalue weighted by atomic mass is 16.4. The first-order valence-electron chi connectivity index (χ1n) is 3.67. The molecule has 0 spiro atoms. The van der Waals surface area contributed by atoms with Gasteiger partial charge in [-0.05, 0) is 11.6 Å². The lowest BCUT2D eigenvalue weighted by atomic mass is 10.1. The summed E-state index contributed by atoms with van der Waals surface area (Å²) in [5, 5.41) is 10.8. The zero-order valence-electron chi connectivity index (χ0n) is 6.78. The molecule has 4 nitrogen and oxygen atoms in total. The van der Waals surface area contributed by atoms with Crippen LogP contribution in [0.2, 0.25) is 0 Å². The van der Waals surface area contributed by atoms with Crippen molar-refractivity contribution in [2.24, 2.45) is 0 Å². The van der Waals surface area contributed by atoms with Gasteiger partial charge in [-0.3, -0.25) is 9.59 Å². The normalized spacial score (nSPS) is 9.23. The van der Waals surface area contributed by atoms with E-state index in [1.807, 2.05) is 0 Å². The second-order valence-electron chi connectivity index (χ2n) is 2.45. The van der Waals surface area contributed by atoms with Gasteiger partial charge in [-0.2, -0.15) is 0 Å². The summed E-state index contributed by atoms with van der Waals surface area (Å²) in [5.41, 5.74) is 1.05. The lowest BCUT2D eigenvalue weighted by molar-refractivity contribution is -0.136. The first kappa shape index (κ1) is 9.25. The van der Waals surface area contributed by atoms with Crippen LogP contribution in [0.15, 0.2) is 24.3 Å². The smallest absolute Gasteiger partial charge is 0.314 e. The van der Waals surface area contributed by atoms with E-state index in [2.05, 4.69) is 5.32 Å². The number of para-hydroxylation sites is 1. The minimum atomic E-state index is -0.930. The first-order chi connectivity index (χ1) is 6.24. The number of carboxylic acids is 1. The molecule has 67 valence electrons. The first-order valence-corrected chi connectivity index (χ1v) is 3.67. The molecule has 1 aromatic rings. The zero-order valence-corrected chi connectivity index (χ0v) is 6.78. The predicted molar refractivity (Wildman–Crippen MR) is 47.1 cm³/mol.